The maximum atomic E-state index is 11.7. The highest BCUT2D eigenvalue weighted by Crippen LogP contribution is 2.70. The summed E-state index contributed by atoms with van der Waals surface area (Å²) in [5.74, 6) is 2.93. The van der Waals surface area contributed by atoms with Gasteiger partial charge in [-0.3, -0.25) is 0 Å². The summed E-state index contributed by atoms with van der Waals surface area (Å²) < 4.78 is 12.9. The van der Waals surface area contributed by atoms with Crippen LogP contribution in [0.25, 0.3) is 0 Å². The van der Waals surface area contributed by atoms with E-state index < -0.39 is 8.32 Å². The summed E-state index contributed by atoms with van der Waals surface area (Å²) in [5, 5.41) is 0.212. The van der Waals surface area contributed by atoms with Crippen molar-refractivity contribution in [2.45, 2.75) is 123 Å². The molecule has 6 atom stereocenters. The van der Waals surface area contributed by atoms with Crippen molar-refractivity contribution in [3.63, 3.8) is 0 Å². The Hall–Kier alpha value is -1.39. The first kappa shape index (κ1) is 28.6. The van der Waals surface area contributed by atoms with Gasteiger partial charge < -0.3 is 14.0 Å². The minimum atomic E-state index is -1.88. The minimum Gasteiger partial charge on any atom is -0.497 e. The maximum absolute atomic E-state index is 11.7. The van der Waals surface area contributed by atoms with E-state index >= 15 is 0 Å². The van der Waals surface area contributed by atoms with E-state index in [2.05, 4.69) is 71.6 Å². The Morgan fingerprint density at radius 1 is 1.22 bits per heavy atom. The van der Waals surface area contributed by atoms with Gasteiger partial charge in [-0.1, -0.05) is 46.3 Å². The molecule has 2 saturated carbocycles. The molecule has 3 nitrogen and oxygen atoms in total. The molecule has 1 aromatic carbocycles. The Balaban J connectivity index is 1.74. The lowest BCUT2D eigenvalue weighted by atomic mass is 9.44. The molecule has 3 unspecified atom stereocenters. The highest BCUT2D eigenvalue weighted by molar-refractivity contribution is 6.74. The van der Waals surface area contributed by atoms with Gasteiger partial charge in [-0.05, 0) is 122 Å². The molecule has 0 heterocycles. The standard InChI is InChI=1S/C33H52O3Si/c1-10-33-20-19-24-21-26(35-7)15-16-27(24)30(33)25(14-12-11-13-23(2)34)22-32(6)28(33)17-18-29(32)36-37(8,9)31(3,4)5/h10,15-16,21,25,28-30H,1,11-14,17-20,22H2,2-9H3/t25-,28?,29-,30?,32-,33?/m0/s1. The van der Waals surface area contributed by atoms with Crippen LogP contribution in [-0.4, -0.2) is 27.3 Å². The number of benzene rings is 1. The summed E-state index contributed by atoms with van der Waals surface area (Å²) in [4.78, 5) is 11.7. The molecule has 2 fully saturated rings. The number of aryl methyl sites for hydroxylation is 1. The first-order valence-corrected chi connectivity index (χ1v) is 17.7. The number of ether oxygens (including phenoxy) is 1. The normalized spacial score (nSPS) is 33.3. The van der Waals surface area contributed by atoms with E-state index in [0.717, 1.165) is 25.0 Å². The van der Waals surface area contributed by atoms with Gasteiger partial charge in [0.1, 0.15) is 11.5 Å². The van der Waals surface area contributed by atoms with Crippen LogP contribution >= 0.6 is 0 Å². The third kappa shape index (κ3) is 5.02. The van der Waals surface area contributed by atoms with Gasteiger partial charge in [-0.15, -0.1) is 6.58 Å². The number of ketones is 1. The van der Waals surface area contributed by atoms with Gasteiger partial charge >= 0.3 is 0 Å². The van der Waals surface area contributed by atoms with Crippen LogP contribution in [0.3, 0.4) is 0 Å². The highest BCUT2D eigenvalue weighted by Gasteiger charge is 2.64. The number of hydrogen-bond acceptors (Lipinski definition) is 3. The van der Waals surface area contributed by atoms with Crippen LogP contribution in [0.15, 0.2) is 30.9 Å². The number of hydrogen-bond donors (Lipinski definition) is 0. The van der Waals surface area contributed by atoms with Gasteiger partial charge in [-0.25, -0.2) is 0 Å². The molecule has 1 aromatic rings. The summed E-state index contributed by atoms with van der Waals surface area (Å²) in [7, 11) is -0.115. The fourth-order valence-electron chi connectivity index (χ4n) is 8.30. The molecule has 0 aliphatic heterocycles. The van der Waals surface area contributed by atoms with Crippen LogP contribution in [0.4, 0.5) is 0 Å². The number of fused-ring (bicyclic) bond motifs is 5. The Kier molecular flexibility index (Phi) is 7.96. The minimum absolute atomic E-state index is 0.103. The maximum Gasteiger partial charge on any atom is 0.192 e. The van der Waals surface area contributed by atoms with Gasteiger partial charge in [0.25, 0.3) is 0 Å². The Morgan fingerprint density at radius 2 is 1.95 bits per heavy atom. The zero-order valence-electron chi connectivity index (χ0n) is 24.9. The molecule has 0 saturated heterocycles. The van der Waals surface area contributed by atoms with Gasteiger partial charge in [0, 0.05) is 6.42 Å². The van der Waals surface area contributed by atoms with Crippen molar-refractivity contribution in [2.24, 2.45) is 22.7 Å². The second kappa shape index (κ2) is 10.3. The van der Waals surface area contributed by atoms with E-state index in [0.29, 0.717) is 36.1 Å². The molecule has 0 aromatic heterocycles. The topological polar surface area (TPSA) is 35.5 Å². The lowest BCUT2D eigenvalue weighted by molar-refractivity contribution is -0.117. The number of unbranched alkanes of at least 4 members (excludes halogenated alkanes) is 1. The van der Waals surface area contributed by atoms with Crippen LogP contribution in [0, 0.1) is 22.7 Å². The summed E-state index contributed by atoms with van der Waals surface area (Å²) >= 11 is 0. The van der Waals surface area contributed by atoms with Gasteiger partial charge in [0.15, 0.2) is 8.32 Å². The Bertz CT molecular complexity index is 1010. The molecule has 37 heavy (non-hydrogen) atoms. The van der Waals surface area contributed by atoms with Crippen molar-refractivity contribution in [3.05, 3.63) is 42.0 Å². The molecule has 0 amide bonds. The average Bonchev–Trinajstić information content (AvgIpc) is 3.15. The van der Waals surface area contributed by atoms with E-state index in [9.17, 15) is 4.79 Å². The SMILES string of the molecule is C=CC12CCc3cc(OC)ccc3C1[C@@H](CCCCC(C)=O)C[C@@]1(C)C2CC[C@@H]1O[Si](C)(C)C(C)(C)C. The lowest BCUT2D eigenvalue weighted by Gasteiger charge is -2.61. The first-order valence-electron chi connectivity index (χ1n) is 14.8. The largest absolute Gasteiger partial charge is 0.497 e. The Labute approximate surface area is 227 Å². The molecule has 3 aliphatic rings. The molecule has 4 rings (SSSR count). The van der Waals surface area contributed by atoms with Gasteiger partial charge in [-0.2, -0.15) is 0 Å². The fraction of sp³-hybridized carbons (Fsp3) is 0.727. The van der Waals surface area contributed by atoms with E-state index in [1.165, 1.54) is 43.2 Å². The second-order valence-electron chi connectivity index (χ2n) is 14.3. The average molecular weight is 525 g/mol. The van der Waals surface area contributed by atoms with Crippen molar-refractivity contribution in [3.8, 4) is 5.75 Å². The van der Waals surface area contributed by atoms with Gasteiger partial charge in [0.05, 0.1) is 13.2 Å². The van der Waals surface area contributed by atoms with Crippen LogP contribution in [0.1, 0.15) is 103 Å². The number of Topliss-reactive ketones (excluding diaryl/α,β-unsaturated/α-hetero) is 1. The monoisotopic (exact) mass is 524 g/mol. The predicted molar refractivity (Wildman–Crippen MR) is 157 cm³/mol. The second-order valence-corrected chi connectivity index (χ2v) is 19.0. The molecular weight excluding hydrogens is 472 g/mol. The summed E-state index contributed by atoms with van der Waals surface area (Å²) in [6.07, 6.45) is 12.6. The number of methoxy groups -OCH3 is 1. The summed E-state index contributed by atoms with van der Waals surface area (Å²) in [6, 6.07) is 6.80. The van der Waals surface area contributed by atoms with Crippen LogP contribution < -0.4 is 4.74 Å². The predicted octanol–water partition coefficient (Wildman–Crippen LogP) is 8.87. The molecule has 3 aliphatic carbocycles. The van der Waals surface area contributed by atoms with Crippen molar-refractivity contribution in [1.82, 2.24) is 0 Å². The van der Waals surface area contributed by atoms with Crippen molar-refractivity contribution >= 4 is 14.1 Å². The summed E-state index contributed by atoms with van der Waals surface area (Å²) in [5.41, 5.74) is 3.26. The van der Waals surface area contributed by atoms with Crippen molar-refractivity contribution in [2.75, 3.05) is 7.11 Å². The third-order valence-electron chi connectivity index (χ3n) is 11.1. The molecule has 0 bridgehead atoms. The Morgan fingerprint density at radius 3 is 2.57 bits per heavy atom. The lowest BCUT2D eigenvalue weighted by Crippen LogP contribution is -2.56. The zero-order valence-corrected chi connectivity index (χ0v) is 25.9. The molecule has 0 spiro atoms. The first-order chi connectivity index (χ1) is 17.3. The molecular formula is C33H52O3Si. The number of carbonyl (C=O) groups excluding carboxylic acids is 1. The van der Waals surface area contributed by atoms with E-state index in [4.69, 9.17) is 9.16 Å². The molecule has 4 heteroatoms. The molecule has 0 N–H and O–H groups in total. The molecule has 0 radical (unpaired) electrons. The summed E-state index contributed by atoms with van der Waals surface area (Å²) in [6.45, 7) is 20.8. The van der Waals surface area contributed by atoms with Crippen LogP contribution in [-0.2, 0) is 15.6 Å². The van der Waals surface area contributed by atoms with E-state index in [1.54, 1.807) is 14.0 Å². The smallest absolute Gasteiger partial charge is 0.192 e. The van der Waals surface area contributed by atoms with Gasteiger partial charge in [0.2, 0.25) is 0 Å². The zero-order chi connectivity index (χ0) is 27.2. The molecule has 206 valence electrons. The number of allylic oxidation sites excluding steroid dienone is 1. The fourth-order valence-corrected chi connectivity index (χ4v) is 9.75. The highest BCUT2D eigenvalue weighted by atomic mass is 28.4. The number of rotatable bonds is 9. The van der Waals surface area contributed by atoms with E-state index in [-0.39, 0.29) is 15.9 Å². The van der Waals surface area contributed by atoms with E-state index in [1.807, 2.05) is 0 Å². The van der Waals surface area contributed by atoms with Crippen LogP contribution in [0.2, 0.25) is 18.1 Å². The van der Waals surface area contributed by atoms with Crippen LogP contribution in [0.5, 0.6) is 5.75 Å². The third-order valence-corrected chi connectivity index (χ3v) is 15.6. The number of carbonyl (C=O) groups is 1. The van der Waals surface area contributed by atoms with Crippen molar-refractivity contribution < 1.29 is 14.0 Å². The van der Waals surface area contributed by atoms with Crippen molar-refractivity contribution in [1.29, 1.82) is 0 Å². The quantitative estimate of drug-likeness (QED) is 0.184.